The third-order valence-electron chi connectivity index (χ3n) is 3.88. The van der Waals surface area contributed by atoms with Gasteiger partial charge in [-0.1, -0.05) is 0 Å². The molecule has 14 heteroatoms. The second kappa shape index (κ2) is 8.37. The van der Waals surface area contributed by atoms with Crippen LogP contribution in [0.2, 0.25) is 0 Å². The second-order valence-electron chi connectivity index (χ2n) is 6.29. The molecule has 1 aliphatic rings. The number of anilines is 1. The fraction of sp³-hybridized carbons (Fsp3) is 0.429. The molecule has 0 spiro atoms. The van der Waals surface area contributed by atoms with E-state index in [1.54, 1.807) is 6.92 Å². The fourth-order valence-corrected chi connectivity index (χ4v) is 3.61. The molecule has 0 aromatic carbocycles. The molecule has 0 unspecified atom stereocenters. The first-order valence-electron chi connectivity index (χ1n) is 8.44. The Bertz CT molecular complexity index is 877. The van der Waals surface area contributed by atoms with E-state index in [9.17, 15) is 14.5 Å². The van der Waals surface area contributed by atoms with Gasteiger partial charge in [-0.15, -0.1) is 0 Å². The van der Waals surface area contributed by atoms with E-state index in [-0.39, 0.29) is 19.0 Å². The summed E-state index contributed by atoms with van der Waals surface area (Å²) >= 11 is 0. The molecule has 0 aliphatic carbocycles. The third-order valence-corrected chi connectivity index (χ3v) is 5.29. The first-order chi connectivity index (χ1) is 13.2. The zero-order valence-electron chi connectivity index (χ0n) is 15.3. The third kappa shape index (κ3) is 4.94. The minimum atomic E-state index is -3.47. The molecule has 152 valence electrons. The van der Waals surface area contributed by atoms with Gasteiger partial charge in [0.25, 0.3) is 0 Å². The summed E-state index contributed by atoms with van der Waals surface area (Å²) in [6.07, 6.45) is 1.97. The van der Waals surface area contributed by atoms with Crippen LogP contribution >= 0.6 is 7.82 Å². The molecule has 2 aromatic rings. The van der Waals surface area contributed by atoms with Gasteiger partial charge in [-0.2, -0.15) is 0 Å². The molecule has 0 amide bonds. The van der Waals surface area contributed by atoms with Crippen LogP contribution in [-0.4, -0.2) is 63.1 Å². The van der Waals surface area contributed by atoms with Gasteiger partial charge in [0.15, 0.2) is 0 Å². The zero-order chi connectivity index (χ0) is 20.3. The number of hydrogen-bond acceptors (Lipinski definition) is 10. The van der Waals surface area contributed by atoms with E-state index in [4.69, 9.17) is 24.3 Å². The molecular weight excluding hydrogens is 392 g/mol. The number of nitrogens with two attached hydrogens (primary N) is 1. The van der Waals surface area contributed by atoms with E-state index in [1.807, 2.05) is 0 Å². The average molecular weight is 413 g/mol. The van der Waals surface area contributed by atoms with Crippen LogP contribution in [0.15, 0.2) is 35.8 Å². The Labute approximate surface area is 161 Å². The summed E-state index contributed by atoms with van der Waals surface area (Å²) in [7, 11) is -2.04. The van der Waals surface area contributed by atoms with E-state index in [2.05, 4.69) is 9.97 Å². The van der Waals surface area contributed by atoms with E-state index in [1.165, 1.54) is 38.6 Å². The summed E-state index contributed by atoms with van der Waals surface area (Å²) in [6.45, 7) is 1.44. The van der Waals surface area contributed by atoms with Gasteiger partial charge >= 0.3 is 160 Å². The van der Waals surface area contributed by atoms with E-state index in [0.717, 1.165) is 9.13 Å². The van der Waals surface area contributed by atoms with Crippen molar-refractivity contribution in [1.29, 1.82) is 0 Å². The molecule has 3 heterocycles. The van der Waals surface area contributed by atoms with Gasteiger partial charge in [0, 0.05) is 0 Å². The van der Waals surface area contributed by atoms with Gasteiger partial charge in [0.2, 0.25) is 0 Å². The maximum absolute atomic E-state index is 12.4. The maximum atomic E-state index is 12.4. The topological polar surface area (TPSA) is 153 Å². The molecular formula is C14H21BN5O7P. The van der Waals surface area contributed by atoms with E-state index >= 15 is 0 Å². The summed E-state index contributed by atoms with van der Waals surface area (Å²) < 4.78 is 24.5. The predicted octanol–water partition coefficient (Wildman–Crippen LogP) is -0.939. The molecule has 0 saturated carbocycles. The van der Waals surface area contributed by atoms with Crippen molar-refractivity contribution < 1.29 is 28.2 Å². The van der Waals surface area contributed by atoms with Crippen LogP contribution in [-0.2, 0) is 18.5 Å². The molecule has 3 N–H and O–H groups in total. The number of carbonyl (C=O) groups is 1. The summed E-state index contributed by atoms with van der Waals surface area (Å²) in [5.74, 6) is 0.0410. The van der Waals surface area contributed by atoms with Crippen LogP contribution in [0.3, 0.4) is 0 Å². The molecule has 1 saturated heterocycles. The van der Waals surface area contributed by atoms with E-state index in [0.29, 0.717) is 0 Å². The Kier molecular flexibility index (Phi) is 6.11. The van der Waals surface area contributed by atoms with Crippen LogP contribution in [0.5, 0.6) is 0 Å². The van der Waals surface area contributed by atoms with Crippen LogP contribution in [0, 0.1) is 0 Å². The zero-order valence-corrected chi connectivity index (χ0v) is 16.3. The number of carbonyl (C=O) groups excluding carboxylic acids is 1. The SMILES string of the molecule is B[PH]1(O)OC[C@H](OC(=O)n2ccnc2)[C@H](n2ccc(N)nc2=O)O[C@@H](C)CO1. The Morgan fingerprint density at radius 1 is 1.43 bits per heavy atom. The molecule has 3 atom stereocenters. The quantitative estimate of drug-likeness (QED) is 0.466. The fourth-order valence-electron chi connectivity index (χ4n) is 2.51. The van der Waals surface area contributed by atoms with Crippen LogP contribution in [0.1, 0.15) is 13.2 Å². The first-order valence-corrected chi connectivity index (χ1v) is 10.7. The Hall–Kier alpha value is -2.31. The summed E-state index contributed by atoms with van der Waals surface area (Å²) in [5, 5.41) is 0. The molecule has 3 rings (SSSR count). The van der Waals surface area contributed by atoms with Crippen molar-refractivity contribution in [2.75, 3.05) is 18.9 Å². The van der Waals surface area contributed by atoms with Crippen molar-refractivity contribution >= 4 is 27.3 Å². The van der Waals surface area contributed by atoms with Crippen LogP contribution < -0.4 is 11.4 Å². The average Bonchev–Trinajstić information content (AvgIpc) is 3.17. The van der Waals surface area contributed by atoms with Crippen molar-refractivity contribution in [1.82, 2.24) is 19.1 Å². The van der Waals surface area contributed by atoms with E-state index < -0.39 is 38.0 Å². The molecule has 1 aliphatic heterocycles. The molecule has 1 fully saturated rings. The number of hydrogen-bond donors (Lipinski definition) is 2. The van der Waals surface area contributed by atoms with Gasteiger partial charge in [-0.25, -0.2) is 0 Å². The van der Waals surface area contributed by atoms with Crippen molar-refractivity contribution in [3.8, 4) is 0 Å². The van der Waals surface area contributed by atoms with Crippen molar-refractivity contribution in [3.05, 3.63) is 41.5 Å². The number of nitrogens with zero attached hydrogens (tertiary/aromatic N) is 4. The minimum absolute atomic E-state index is 0.0229. The van der Waals surface area contributed by atoms with Gasteiger partial charge in [-0.3, -0.25) is 0 Å². The second-order valence-corrected chi connectivity index (χ2v) is 8.66. The number of ether oxygens (including phenoxy) is 2. The van der Waals surface area contributed by atoms with Crippen molar-refractivity contribution in [2.24, 2.45) is 0 Å². The molecule has 0 bridgehead atoms. The molecule has 0 radical (unpaired) electrons. The first kappa shape index (κ1) is 20.4. The number of aromatic nitrogens is 4. The number of rotatable bonds is 2. The van der Waals surface area contributed by atoms with Gasteiger partial charge in [0.1, 0.15) is 0 Å². The van der Waals surface area contributed by atoms with Gasteiger partial charge < -0.3 is 0 Å². The number of imidazole rings is 1. The van der Waals surface area contributed by atoms with Gasteiger partial charge in [-0.05, 0) is 0 Å². The summed E-state index contributed by atoms with van der Waals surface area (Å²) in [4.78, 5) is 42.5. The van der Waals surface area contributed by atoms with Crippen LogP contribution in [0.25, 0.3) is 0 Å². The van der Waals surface area contributed by atoms with Crippen molar-refractivity contribution in [3.63, 3.8) is 0 Å². The standard InChI is InChI=1S/C14H21BN5O7P/c1-9-6-24-28(15,23)25-7-10(27-14(22)19-5-3-17-8-19)12(26-9)20-4-2-11(16)18-13(20)21/h2-5,8-10,12,23,28H,6-7,15H2,1H3,(H2,16,18,21)/t9-,10-,12+/m0/s1. The predicted molar refractivity (Wildman–Crippen MR) is 101 cm³/mol. The Morgan fingerprint density at radius 3 is 2.86 bits per heavy atom. The summed E-state index contributed by atoms with van der Waals surface area (Å²) in [5.41, 5.74) is 4.86. The monoisotopic (exact) mass is 413 g/mol. The molecule has 12 nitrogen and oxygen atoms in total. The Balaban J connectivity index is 1.96. The molecule has 28 heavy (non-hydrogen) atoms. The van der Waals surface area contributed by atoms with Gasteiger partial charge in [0.05, 0.1) is 0 Å². The van der Waals surface area contributed by atoms with Crippen LogP contribution in [0.4, 0.5) is 10.6 Å². The Morgan fingerprint density at radius 2 is 2.18 bits per heavy atom. The molecule has 2 aromatic heterocycles. The van der Waals surface area contributed by atoms with Crippen molar-refractivity contribution in [2.45, 2.75) is 25.4 Å². The number of nitrogen functional groups attached to an aromatic ring is 1. The summed E-state index contributed by atoms with van der Waals surface area (Å²) in [6, 6.07) is 1.42. The normalized spacial score (nSPS) is 26.4.